The van der Waals surface area contributed by atoms with Crippen LogP contribution in [0, 0.1) is 11.3 Å². The quantitative estimate of drug-likeness (QED) is 0.484. The van der Waals surface area contributed by atoms with E-state index in [1.807, 2.05) is 53.8 Å². The van der Waals surface area contributed by atoms with E-state index in [4.69, 9.17) is 9.84 Å². The van der Waals surface area contributed by atoms with Crippen LogP contribution in [0.5, 0.6) is 0 Å². The average Bonchev–Trinajstić information content (AvgIpc) is 3.10. The zero-order valence-corrected chi connectivity index (χ0v) is 19.3. The van der Waals surface area contributed by atoms with Gasteiger partial charge < -0.3 is 20.5 Å². The van der Waals surface area contributed by atoms with Crippen LogP contribution in [0.1, 0.15) is 37.3 Å². The molecule has 0 saturated carbocycles. The molecule has 1 aliphatic rings. The lowest BCUT2D eigenvalue weighted by molar-refractivity contribution is -0.181. The molecule has 0 aromatic heterocycles. The first-order valence-corrected chi connectivity index (χ1v) is 11.1. The molecule has 1 atom stereocenters. The third-order valence-corrected chi connectivity index (χ3v) is 6.13. The summed E-state index contributed by atoms with van der Waals surface area (Å²) in [6.45, 7) is 1.47. The number of fused-ring (bicyclic) bond motifs is 3. The molecule has 188 valence electrons. The molecule has 3 rings (SSSR count). The number of ether oxygens (including phenoxy) is 1. The Morgan fingerprint density at radius 3 is 2.03 bits per heavy atom. The van der Waals surface area contributed by atoms with Crippen LogP contribution >= 0.6 is 0 Å². The van der Waals surface area contributed by atoms with E-state index in [0.29, 0.717) is 0 Å². The second-order valence-corrected chi connectivity index (χ2v) is 9.03. The van der Waals surface area contributed by atoms with Crippen LogP contribution in [0.4, 0.5) is 18.0 Å². The molecule has 7 nitrogen and oxygen atoms in total. The number of alkyl halides is 3. The normalized spacial score (nSPS) is 14.0. The van der Waals surface area contributed by atoms with Gasteiger partial charge >= 0.3 is 18.2 Å². The summed E-state index contributed by atoms with van der Waals surface area (Å²) in [5.41, 5.74) is 2.73. The van der Waals surface area contributed by atoms with Crippen molar-refractivity contribution in [2.75, 3.05) is 19.7 Å². The highest BCUT2D eigenvalue weighted by molar-refractivity contribution is 5.81. The number of rotatable bonds is 9. The smallest absolute Gasteiger partial charge is 0.407 e. The van der Waals surface area contributed by atoms with Crippen LogP contribution in [0.15, 0.2) is 48.5 Å². The SMILES string of the molecule is CC(C)(CCNC(=O)C(CNC(=O)OCC1c2ccccc2-c2ccccc21)C(F)(F)F)C(=O)O. The average molecular weight is 492 g/mol. The van der Waals surface area contributed by atoms with Gasteiger partial charge in [0.1, 0.15) is 6.61 Å². The Morgan fingerprint density at radius 2 is 1.51 bits per heavy atom. The van der Waals surface area contributed by atoms with Gasteiger partial charge in [0.25, 0.3) is 0 Å². The fraction of sp³-hybridized carbons (Fsp3) is 0.400. The van der Waals surface area contributed by atoms with E-state index >= 15 is 0 Å². The molecule has 2 aromatic carbocycles. The fourth-order valence-corrected chi connectivity index (χ4v) is 3.92. The number of alkyl carbamates (subject to hydrolysis) is 1. The Hall–Kier alpha value is -3.56. The molecular weight excluding hydrogens is 465 g/mol. The molecule has 0 spiro atoms. The molecule has 0 saturated heterocycles. The molecule has 1 aliphatic carbocycles. The predicted octanol–water partition coefficient (Wildman–Crippen LogP) is 4.32. The van der Waals surface area contributed by atoms with Gasteiger partial charge in [-0.05, 0) is 42.5 Å². The lowest BCUT2D eigenvalue weighted by Crippen LogP contribution is -2.47. The Labute approximate surface area is 200 Å². The lowest BCUT2D eigenvalue weighted by Gasteiger charge is -2.22. The monoisotopic (exact) mass is 492 g/mol. The van der Waals surface area contributed by atoms with Gasteiger partial charge in [-0.1, -0.05) is 48.5 Å². The van der Waals surface area contributed by atoms with Gasteiger partial charge in [-0.2, -0.15) is 13.2 Å². The maximum Gasteiger partial charge on any atom is 0.407 e. The van der Waals surface area contributed by atoms with Gasteiger partial charge in [-0.3, -0.25) is 9.59 Å². The van der Waals surface area contributed by atoms with E-state index in [-0.39, 0.29) is 25.5 Å². The van der Waals surface area contributed by atoms with Crippen molar-refractivity contribution in [1.82, 2.24) is 10.6 Å². The molecule has 0 heterocycles. The van der Waals surface area contributed by atoms with Gasteiger partial charge in [0.15, 0.2) is 5.92 Å². The Balaban J connectivity index is 1.56. The summed E-state index contributed by atoms with van der Waals surface area (Å²) < 4.78 is 45.5. The van der Waals surface area contributed by atoms with Crippen LogP contribution < -0.4 is 10.6 Å². The first-order valence-electron chi connectivity index (χ1n) is 11.1. The summed E-state index contributed by atoms with van der Waals surface area (Å²) in [6, 6.07) is 15.3. The van der Waals surface area contributed by atoms with Crippen LogP contribution in [0.3, 0.4) is 0 Å². The molecule has 3 N–H and O–H groups in total. The van der Waals surface area contributed by atoms with Gasteiger partial charge in [0, 0.05) is 19.0 Å². The molecule has 0 aliphatic heterocycles. The van der Waals surface area contributed by atoms with Crippen molar-refractivity contribution in [1.29, 1.82) is 0 Å². The van der Waals surface area contributed by atoms with Crippen molar-refractivity contribution in [3.63, 3.8) is 0 Å². The third-order valence-electron chi connectivity index (χ3n) is 6.13. The van der Waals surface area contributed by atoms with Gasteiger partial charge in [0.2, 0.25) is 5.91 Å². The van der Waals surface area contributed by atoms with Crippen LogP contribution in [0.2, 0.25) is 0 Å². The van der Waals surface area contributed by atoms with Crippen LogP contribution in [-0.4, -0.2) is 48.9 Å². The summed E-state index contributed by atoms with van der Waals surface area (Å²) in [5, 5.41) is 13.2. The second kappa shape index (κ2) is 10.4. The predicted molar refractivity (Wildman–Crippen MR) is 122 cm³/mol. The first kappa shape index (κ1) is 26.1. The maximum atomic E-state index is 13.4. The highest BCUT2D eigenvalue weighted by Crippen LogP contribution is 2.44. The number of hydrogen-bond donors (Lipinski definition) is 3. The first-order chi connectivity index (χ1) is 16.4. The minimum atomic E-state index is -4.91. The molecule has 2 aromatic rings. The maximum absolute atomic E-state index is 13.4. The number of nitrogens with one attached hydrogen (secondary N) is 2. The Bertz CT molecular complexity index is 1060. The number of hydrogen-bond acceptors (Lipinski definition) is 4. The third kappa shape index (κ3) is 6.12. The van der Waals surface area contributed by atoms with Crippen LogP contribution in [-0.2, 0) is 14.3 Å². The zero-order chi connectivity index (χ0) is 25.8. The number of benzene rings is 2. The van der Waals surface area contributed by atoms with E-state index in [2.05, 4.69) is 5.32 Å². The number of carbonyl (C=O) groups excluding carboxylic acids is 2. The Kier molecular flexibility index (Phi) is 7.72. The van der Waals surface area contributed by atoms with Crippen molar-refractivity contribution >= 4 is 18.0 Å². The number of aliphatic carboxylic acids is 1. The van der Waals surface area contributed by atoms with Crippen molar-refractivity contribution < 1.29 is 37.4 Å². The molecule has 10 heteroatoms. The molecular formula is C25H27F3N2O5. The van der Waals surface area contributed by atoms with Gasteiger partial charge in [-0.15, -0.1) is 0 Å². The van der Waals surface area contributed by atoms with E-state index in [0.717, 1.165) is 22.3 Å². The summed E-state index contributed by atoms with van der Waals surface area (Å²) in [6.07, 6.45) is -6.04. The standard InChI is InChI=1S/C25H27F3N2O5/c1-24(2,22(32)33)11-12-29-21(31)20(25(26,27)28)13-30-23(34)35-14-19-17-9-5-3-7-15(17)16-8-4-6-10-18(16)19/h3-10,19-20H,11-14H2,1-2H3,(H,29,31)(H,30,34)(H,32,33). The number of halogens is 3. The number of carboxylic acid groups (broad SMARTS) is 1. The largest absolute Gasteiger partial charge is 0.481 e. The lowest BCUT2D eigenvalue weighted by atomic mass is 9.89. The van der Waals surface area contributed by atoms with Crippen molar-refractivity contribution in [2.24, 2.45) is 11.3 Å². The molecule has 0 bridgehead atoms. The van der Waals surface area contributed by atoms with E-state index < -0.39 is 42.0 Å². The number of amides is 2. The fourth-order valence-electron chi connectivity index (χ4n) is 3.92. The number of carbonyl (C=O) groups is 3. The summed E-state index contributed by atoms with van der Waals surface area (Å²) in [4.78, 5) is 35.4. The van der Waals surface area contributed by atoms with Gasteiger partial charge in [0.05, 0.1) is 5.41 Å². The van der Waals surface area contributed by atoms with E-state index in [1.165, 1.54) is 13.8 Å². The summed E-state index contributed by atoms with van der Waals surface area (Å²) >= 11 is 0. The van der Waals surface area contributed by atoms with Crippen molar-refractivity contribution in [2.45, 2.75) is 32.4 Å². The summed E-state index contributed by atoms with van der Waals surface area (Å²) in [7, 11) is 0. The number of carboxylic acids is 1. The minimum absolute atomic E-state index is 0.0571. The molecule has 0 fully saturated rings. The topological polar surface area (TPSA) is 105 Å². The molecule has 35 heavy (non-hydrogen) atoms. The molecule has 2 amide bonds. The Morgan fingerprint density at radius 1 is 0.971 bits per heavy atom. The van der Waals surface area contributed by atoms with E-state index in [1.54, 1.807) is 0 Å². The minimum Gasteiger partial charge on any atom is -0.481 e. The zero-order valence-electron chi connectivity index (χ0n) is 19.3. The molecule has 0 radical (unpaired) electrons. The van der Waals surface area contributed by atoms with Gasteiger partial charge in [-0.25, -0.2) is 4.79 Å². The molecule has 1 unspecified atom stereocenters. The van der Waals surface area contributed by atoms with Crippen molar-refractivity contribution in [3.8, 4) is 11.1 Å². The summed E-state index contributed by atoms with van der Waals surface area (Å²) in [5.74, 6) is -5.24. The van der Waals surface area contributed by atoms with E-state index in [9.17, 15) is 27.6 Å². The van der Waals surface area contributed by atoms with Crippen molar-refractivity contribution in [3.05, 3.63) is 59.7 Å². The van der Waals surface area contributed by atoms with Crippen LogP contribution in [0.25, 0.3) is 11.1 Å². The highest BCUT2D eigenvalue weighted by atomic mass is 19.4. The highest BCUT2D eigenvalue weighted by Gasteiger charge is 2.45. The second-order valence-electron chi connectivity index (χ2n) is 9.03.